The fourth-order valence-corrected chi connectivity index (χ4v) is 3.77. The summed E-state index contributed by atoms with van der Waals surface area (Å²) in [5.74, 6) is 3.38. The van der Waals surface area contributed by atoms with Crippen LogP contribution in [0.4, 0.5) is 0 Å². The SMILES string of the molecule is CCCNC1c2ccccc2CC1CCCSCC. The Morgan fingerprint density at radius 3 is 2.89 bits per heavy atom. The fraction of sp³-hybridized carbons (Fsp3) is 0.647. The molecule has 0 saturated heterocycles. The second-order valence-corrected chi connectivity index (χ2v) is 6.83. The van der Waals surface area contributed by atoms with Gasteiger partial charge in [-0.15, -0.1) is 0 Å². The molecule has 0 bridgehead atoms. The molecule has 1 N–H and O–H groups in total. The molecule has 1 nitrogen and oxygen atoms in total. The number of thioether (sulfide) groups is 1. The minimum atomic E-state index is 0.600. The summed E-state index contributed by atoms with van der Waals surface area (Å²) in [5.41, 5.74) is 3.13. The Bertz CT molecular complexity index is 377. The maximum Gasteiger partial charge on any atom is 0.0354 e. The maximum atomic E-state index is 3.77. The molecule has 19 heavy (non-hydrogen) atoms. The zero-order chi connectivity index (χ0) is 13.5. The molecule has 0 heterocycles. The van der Waals surface area contributed by atoms with E-state index in [1.807, 2.05) is 0 Å². The summed E-state index contributed by atoms with van der Waals surface area (Å²) in [7, 11) is 0. The van der Waals surface area contributed by atoms with E-state index in [-0.39, 0.29) is 0 Å². The van der Waals surface area contributed by atoms with Gasteiger partial charge in [-0.2, -0.15) is 11.8 Å². The van der Waals surface area contributed by atoms with E-state index in [4.69, 9.17) is 0 Å². The third-order valence-corrected chi connectivity index (χ3v) is 5.01. The van der Waals surface area contributed by atoms with Gasteiger partial charge in [0.25, 0.3) is 0 Å². The zero-order valence-electron chi connectivity index (χ0n) is 12.3. The predicted molar refractivity (Wildman–Crippen MR) is 86.9 cm³/mol. The van der Waals surface area contributed by atoms with Crippen molar-refractivity contribution in [3.05, 3.63) is 35.4 Å². The Labute approximate surface area is 122 Å². The van der Waals surface area contributed by atoms with Crippen LogP contribution in [-0.4, -0.2) is 18.1 Å². The van der Waals surface area contributed by atoms with Crippen molar-refractivity contribution >= 4 is 11.8 Å². The molecule has 2 unspecified atom stereocenters. The molecule has 0 saturated carbocycles. The standard InChI is InChI=1S/C17H27NS/c1-3-11-18-17-15(9-7-12-19-4-2)13-14-8-5-6-10-16(14)17/h5-6,8,10,15,17-18H,3-4,7,9,11-13H2,1-2H3. The van der Waals surface area contributed by atoms with Crippen LogP contribution in [-0.2, 0) is 6.42 Å². The van der Waals surface area contributed by atoms with Crippen LogP contribution in [0.2, 0.25) is 0 Å². The highest BCUT2D eigenvalue weighted by atomic mass is 32.2. The summed E-state index contributed by atoms with van der Waals surface area (Å²) in [6, 6.07) is 9.61. The first kappa shape index (κ1) is 14.9. The van der Waals surface area contributed by atoms with Crippen molar-refractivity contribution < 1.29 is 0 Å². The number of hydrogen-bond donors (Lipinski definition) is 1. The van der Waals surface area contributed by atoms with E-state index in [0.717, 1.165) is 12.5 Å². The lowest BCUT2D eigenvalue weighted by Gasteiger charge is -2.22. The Kier molecular flexibility index (Phi) is 6.25. The van der Waals surface area contributed by atoms with Gasteiger partial charge in [-0.05, 0) is 60.8 Å². The molecule has 0 fully saturated rings. The number of rotatable bonds is 8. The minimum absolute atomic E-state index is 0.600. The van der Waals surface area contributed by atoms with Gasteiger partial charge in [-0.3, -0.25) is 0 Å². The lowest BCUT2D eigenvalue weighted by molar-refractivity contribution is 0.365. The van der Waals surface area contributed by atoms with Crippen molar-refractivity contribution in [1.29, 1.82) is 0 Å². The predicted octanol–water partition coefficient (Wildman–Crippen LogP) is 4.43. The number of nitrogens with one attached hydrogen (secondary N) is 1. The number of benzene rings is 1. The van der Waals surface area contributed by atoms with Crippen molar-refractivity contribution in [2.45, 2.75) is 45.6 Å². The third kappa shape index (κ3) is 4.00. The van der Waals surface area contributed by atoms with Gasteiger partial charge in [0.1, 0.15) is 0 Å². The van der Waals surface area contributed by atoms with Crippen molar-refractivity contribution in [3.8, 4) is 0 Å². The smallest absolute Gasteiger partial charge is 0.0354 e. The van der Waals surface area contributed by atoms with Gasteiger partial charge in [-0.1, -0.05) is 38.1 Å². The summed E-state index contributed by atoms with van der Waals surface area (Å²) in [5, 5.41) is 3.77. The van der Waals surface area contributed by atoms with Crippen LogP contribution in [0.25, 0.3) is 0 Å². The van der Waals surface area contributed by atoms with E-state index in [1.54, 1.807) is 11.1 Å². The first-order valence-electron chi connectivity index (χ1n) is 7.75. The van der Waals surface area contributed by atoms with Gasteiger partial charge in [0, 0.05) is 6.04 Å². The van der Waals surface area contributed by atoms with E-state index in [0.29, 0.717) is 6.04 Å². The molecule has 2 heteroatoms. The van der Waals surface area contributed by atoms with Gasteiger partial charge in [0.2, 0.25) is 0 Å². The quantitative estimate of drug-likeness (QED) is 0.705. The molecular weight excluding hydrogens is 250 g/mol. The fourth-order valence-electron chi connectivity index (χ4n) is 3.11. The molecule has 1 aromatic rings. The van der Waals surface area contributed by atoms with E-state index in [1.165, 1.54) is 37.2 Å². The van der Waals surface area contributed by atoms with E-state index in [2.05, 4.69) is 55.2 Å². The highest BCUT2D eigenvalue weighted by Gasteiger charge is 2.30. The third-order valence-electron chi connectivity index (χ3n) is 4.03. The summed E-state index contributed by atoms with van der Waals surface area (Å²) in [6.45, 7) is 5.64. The molecule has 2 atom stereocenters. The molecule has 106 valence electrons. The van der Waals surface area contributed by atoms with Crippen molar-refractivity contribution in [2.24, 2.45) is 5.92 Å². The van der Waals surface area contributed by atoms with Crippen LogP contribution in [0.3, 0.4) is 0 Å². The Morgan fingerprint density at radius 1 is 1.26 bits per heavy atom. The molecule has 2 rings (SSSR count). The van der Waals surface area contributed by atoms with Gasteiger partial charge >= 0.3 is 0 Å². The Balaban J connectivity index is 1.95. The minimum Gasteiger partial charge on any atom is -0.310 e. The first-order valence-corrected chi connectivity index (χ1v) is 8.91. The summed E-state index contributed by atoms with van der Waals surface area (Å²) < 4.78 is 0. The van der Waals surface area contributed by atoms with Crippen LogP contribution in [0.5, 0.6) is 0 Å². The maximum absolute atomic E-state index is 3.77. The summed E-state index contributed by atoms with van der Waals surface area (Å²) in [4.78, 5) is 0. The number of fused-ring (bicyclic) bond motifs is 1. The van der Waals surface area contributed by atoms with Gasteiger partial charge in [0.05, 0.1) is 0 Å². The average Bonchev–Trinajstić information content (AvgIpc) is 2.79. The van der Waals surface area contributed by atoms with Crippen LogP contribution in [0, 0.1) is 5.92 Å². The highest BCUT2D eigenvalue weighted by Crippen LogP contribution is 2.38. The Hall–Kier alpha value is -0.470. The Morgan fingerprint density at radius 2 is 2.11 bits per heavy atom. The van der Waals surface area contributed by atoms with Crippen molar-refractivity contribution in [3.63, 3.8) is 0 Å². The number of hydrogen-bond acceptors (Lipinski definition) is 2. The lowest BCUT2D eigenvalue weighted by Crippen LogP contribution is -2.26. The highest BCUT2D eigenvalue weighted by molar-refractivity contribution is 7.99. The monoisotopic (exact) mass is 277 g/mol. The normalized spacial score (nSPS) is 21.6. The van der Waals surface area contributed by atoms with Gasteiger partial charge < -0.3 is 5.32 Å². The topological polar surface area (TPSA) is 12.0 Å². The van der Waals surface area contributed by atoms with E-state index < -0.39 is 0 Å². The average molecular weight is 277 g/mol. The van der Waals surface area contributed by atoms with Crippen LogP contribution < -0.4 is 5.32 Å². The van der Waals surface area contributed by atoms with Crippen molar-refractivity contribution in [2.75, 3.05) is 18.1 Å². The van der Waals surface area contributed by atoms with Crippen molar-refractivity contribution in [1.82, 2.24) is 5.32 Å². The summed E-state index contributed by atoms with van der Waals surface area (Å²) in [6.07, 6.45) is 5.22. The molecule has 0 aliphatic heterocycles. The molecular formula is C17H27NS. The molecule has 0 spiro atoms. The zero-order valence-corrected chi connectivity index (χ0v) is 13.1. The molecule has 1 aromatic carbocycles. The largest absolute Gasteiger partial charge is 0.310 e. The van der Waals surface area contributed by atoms with E-state index >= 15 is 0 Å². The summed E-state index contributed by atoms with van der Waals surface area (Å²) >= 11 is 2.07. The molecule has 1 aliphatic carbocycles. The first-order chi connectivity index (χ1) is 9.36. The second-order valence-electron chi connectivity index (χ2n) is 5.43. The second kappa shape index (κ2) is 7.96. The van der Waals surface area contributed by atoms with Gasteiger partial charge in [0.15, 0.2) is 0 Å². The molecule has 0 radical (unpaired) electrons. The van der Waals surface area contributed by atoms with Gasteiger partial charge in [-0.25, -0.2) is 0 Å². The molecule has 0 aromatic heterocycles. The van der Waals surface area contributed by atoms with Crippen LogP contribution in [0.1, 0.15) is 50.3 Å². The molecule has 1 aliphatic rings. The van der Waals surface area contributed by atoms with Crippen LogP contribution >= 0.6 is 11.8 Å². The van der Waals surface area contributed by atoms with Crippen LogP contribution in [0.15, 0.2) is 24.3 Å². The lowest BCUT2D eigenvalue weighted by atomic mass is 9.95. The molecule has 0 amide bonds. The van der Waals surface area contributed by atoms with E-state index in [9.17, 15) is 0 Å².